The quantitative estimate of drug-likeness (QED) is 0.827. The van der Waals surface area contributed by atoms with Crippen molar-refractivity contribution in [2.45, 2.75) is 32.4 Å². The normalized spacial score (nSPS) is 11.8. The number of nitrogens with zero attached hydrogens (tertiary/aromatic N) is 5. The van der Waals surface area contributed by atoms with E-state index in [9.17, 15) is 15.0 Å². The van der Waals surface area contributed by atoms with E-state index in [-0.39, 0.29) is 5.69 Å². The number of aliphatic hydroxyl groups is 1. The Morgan fingerprint density at radius 3 is 2.65 bits per heavy atom. The molecule has 0 radical (unpaired) electrons. The summed E-state index contributed by atoms with van der Waals surface area (Å²) in [6.07, 6.45) is 3.69. The number of carboxylic acids is 1. The van der Waals surface area contributed by atoms with Crippen LogP contribution in [-0.4, -0.2) is 46.6 Å². The predicted octanol–water partition coefficient (Wildman–Crippen LogP) is 0.538. The second-order valence-corrected chi connectivity index (χ2v) is 5.28. The van der Waals surface area contributed by atoms with Gasteiger partial charge in [-0.05, 0) is 20.3 Å². The van der Waals surface area contributed by atoms with Gasteiger partial charge in [-0.3, -0.25) is 4.68 Å². The lowest BCUT2D eigenvalue weighted by Crippen LogP contribution is -2.21. The first kappa shape index (κ1) is 14.2. The lowest BCUT2D eigenvalue weighted by molar-refractivity contribution is 0.0650. The van der Waals surface area contributed by atoms with E-state index in [4.69, 9.17) is 0 Å². The van der Waals surface area contributed by atoms with Crippen LogP contribution in [0.25, 0.3) is 11.3 Å². The predicted molar refractivity (Wildman–Crippen MR) is 70.1 cm³/mol. The first-order valence-corrected chi connectivity index (χ1v) is 6.16. The molecule has 0 aliphatic carbocycles. The Morgan fingerprint density at radius 1 is 1.45 bits per heavy atom. The number of aromatic nitrogens is 5. The molecule has 108 valence electrons. The second kappa shape index (κ2) is 5.04. The third-order valence-corrected chi connectivity index (χ3v) is 2.85. The highest BCUT2D eigenvalue weighted by atomic mass is 16.4. The fourth-order valence-corrected chi connectivity index (χ4v) is 1.82. The molecule has 8 nitrogen and oxygen atoms in total. The van der Waals surface area contributed by atoms with Crippen LogP contribution in [0.4, 0.5) is 0 Å². The van der Waals surface area contributed by atoms with Crippen molar-refractivity contribution in [1.29, 1.82) is 0 Å². The van der Waals surface area contributed by atoms with Crippen LogP contribution in [0.2, 0.25) is 0 Å². The van der Waals surface area contributed by atoms with Gasteiger partial charge >= 0.3 is 5.97 Å². The lowest BCUT2D eigenvalue weighted by atomic mass is 10.1. The van der Waals surface area contributed by atoms with Gasteiger partial charge in [0.15, 0.2) is 5.69 Å². The molecule has 0 unspecified atom stereocenters. The highest BCUT2D eigenvalue weighted by Gasteiger charge is 2.23. The van der Waals surface area contributed by atoms with Gasteiger partial charge in [0, 0.05) is 25.4 Å². The molecule has 0 saturated carbocycles. The summed E-state index contributed by atoms with van der Waals surface area (Å²) >= 11 is 0. The Bertz CT molecular complexity index is 623. The van der Waals surface area contributed by atoms with Gasteiger partial charge in [0.05, 0.1) is 11.8 Å². The van der Waals surface area contributed by atoms with Crippen molar-refractivity contribution in [2.75, 3.05) is 0 Å². The number of aromatic carboxylic acids is 1. The highest BCUT2D eigenvalue weighted by molar-refractivity contribution is 5.92. The van der Waals surface area contributed by atoms with Crippen molar-refractivity contribution in [2.24, 2.45) is 7.05 Å². The van der Waals surface area contributed by atoms with E-state index in [1.54, 1.807) is 38.0 Å². The van der Waals surface area contributed by atoms with E-state index in [1.165, 1.54) is 4.68 Å². The minimum absolute atomic E-state index is 0.117. The van der Waals surface area contributed by atoms with Crippen molar-refractivity contribution in [1.82, 2.24) is 24.8 Å². The van der Waals surface area contributed by atoms with Crippen molar-refractivity contribution in [3.05, 3.63) is 18.1 Å². The molecule has 2 aromatic heterocycles. The molecule has 2 N–H and O–H groups in total. The number of hydrogen-bond donors (Lipinski definition) is 2. The average Bonchev–Trinajstić information content (AvgIpc) is 2.90. The monoisotopic (exact) mass is 279 g/mol. The standard InChI is InChI=1S/C12H17N5O3/c1-12(2,20)4-5-17-10(8-6-13-16(3)7-8)9(11(18)19)14-15-17/h6-7,20H,4-5H2,1-3H3,(H,18,19). The minimum atomic E-state index is -1.14. The molecule has 0 amide bonds. The van der Waals surface area contributed by atoms with E-state index >= 15 is 0 Å². The summed E-state index contributed by atoms with van der Waals surface area (Å²) in [5, 5.41) is 30.5. The molecule has 2 heterocycles. The van der Waals surface area contributed by atoms with Crippen molar-refractivity contribution in [3.63, 3.8) is 0 Å². The average molecular weight is 279 g/mol. The van der Waals surface area contributed by atoms with E-state index in [2.05, 4.69) is 15.4 Å². The van der Waals surface area contributed by atoms with Crippen LogP contribution in [-0.2, 0) is 13.6 Å². The number of aryl methyl sites for hydroxylation is 2. The minimum Gasteiger partial charge on any atom is -0.476 e. The summed E-state index contributed by atoms with van der Waals surface area (Å²) in [5.41, 5.74) is 0.0518. The third-order valence-electron chi connectivity index (χ3n) is 2.85. The Balaban J connectivity index is 2.40. The van der Waals surface area contributed by atoms with Gasteiger partial charge in [0.2, 0.25) is 0 Å². The molecule has 20 heavy (non-hydrogen) atoms. The van der Waals surface area contributed by atoms with Crippen LogP contribution < -0.4 is 0 Å². The van der Waals surface area contributed by atoms with Crippen LogP contribution in [0.15, 0.2) is 12.4 Å². The smallest absolute Gasteiger partial charge is 0.358 e. The Labute approximate surface area is 115 Å². The molecule has 0 aliphatic heterocycles. The number of carbonyl (C=O) groups is 1. The van der Waals surface area contributed by atoms with Gasteiger partial charge < -0.3 is 10.2 Å². The summed E-state index contributed by atoms with van der Waals surface area (Å²) in [5.74, 6) is -1.14. The number of hydrogen-bond acceptors (Lipinski definition) is 5. The third kappa shape index (κ3) is 3.02. The summed E-state index contributed by atoms with van der Waals surface area (Å²) in [7, 11) is 1.74. The molecular formula is C12H17N5O3. The Kier molecular flexibility index (Phi) is 3.58. The molecule has 0 atom stereocenters. The fourth-order valence-electron chi connectivity index (χ4n) is 1.82. The molecule has 0 aromatic carbocycles. The van der Waals surface area contributed by atoms with Crippen molar-refractivity contribution >= 4 is 5.97 Å². The molecule has 8 heteroatoms. The summed E-state index contributed by atoms with van der Waals surface area (Å²) in [6, 6.07) is 0. The summed E-state index contributed by atoms with van der Waals surface area (Å²) in [6.45, 7) is 3.74. The molecule has 0 bridgehead atoms. The molecule has 0 aliphatic rings. The van der Waals surface area contributed by atoms with Gasteiger partial charge in [-0.2, -0.15) is 5.10 Å². The van der Waals surface area contributed by atoms with E-state index < -0.39 is 11.6 Å². The Morgan fingerprint density at radius 2 is 2.15 bits per heavy atom. The number of carboxylic acid groups (broad SMARTS) is 1. The fraction of sp³-hybridized carbons (Fsp3) is 0.500. The zero-order valence-corrected chi connectivity index (χ0v) is 11.6. The Hall–Kier alpha value is -2.22. The van der Waals surface area contributed by atoms with Crippen LogP contribution in [0.5, 0.6) is 0 Å². The molecular weight excluding hydrogens is 262 g/mol. The van der Waals surface area contributed by atoms with Crippen molar-refractivity contribution < 1.29 is 15.0 Å². The van der Waals surface area contributed by atoms with E-state index in [0.717, 1.165) is 0 Å². The molecule has 0 fully saturated rings. The summed E-state index contributed by atoms with van der Waals surface area (Å²) < 4.78 is 3.06. The van der Waals surface area contributed by atoms with E-state index in [1.807, 2.05) is 0 Å². The SMILES string of the molecule is Cn1cc(-c2c(C(=O)O)nnn2CCC(C)(C)O)cn1. The molecule has 2 rings (SSSR count). The first-order valence-electron chi connectivity index (χ1n) is 6.16. The lowest BCUT2D eigenvalue weighted by Gasteiger charge is -2.17. The molecule has 2 aromatic rings. The zero-order chi connectivity index (χ0) is 14.9. The second-order valence-electron chi connectivity index (χ2n) is 5.28. The molecule has 0 spiro atoms. The highest BCUT2D eigenvalue weighted by Crippen LogP contribution is 2.23. The largest absolute Gasteiger partial charge is 0.476 e. The molecule has 0 saturated heterocycles. The van der Waals surface area contributed by atoms with Crippen LogP contribution >= 0.6 is 0 Å². The van der Waals surface area contributed by atoms with Crippen LogP contribution in [0, 0.1) is 0 Å². The van der Waals surface area contributed by atoms with Crippen molar-refractivity contribution in [3.8, 4) is 11.3 Å². The van der Waals surface area contributed by atoms with Gasteiger partial charge in [-0.15, -0.1) is 5.10 Å². The van der Waals surface area contributed by atoms with Gasteiger partial charge in [-0.25, -0.2) is 9.48 Å². The zero-order valence-electron chi connectivity index (χ0n) is 11.6. The maximum atomic E-state index is 11.2. The maximum Gasteiger partial charge on any atom is 0.358 e. The van der Waals surface area contributed by atoms with Gasteiger partial charge in [-0.1, -0.05) is 5.21 Å². The first-order chi connectivity index (χ1) is 9.28. The number of rotatable bonds is 5. The summed E-state index contributed by atoms with van der Waals surface area (Å²) in [4.78, 5) is 11.2. The maximum absolute atomic E-state index is 11.2. The van der Waals surface area contributed by atoms with Crippen LogP contribution in [0.1, 0.15) is 30.8 Å². The van der Waals surface area contributed by atoms with E-state index in [0.29, 0.717) is 24.2 Å². The topological polar surface area (TPSA) is 106 Å². The van der Waals surface area contributed by atoms with Gasteiger partial charge in [0.1, 0.15) is 5.69 Å². The van der Waals surface area contributed by atoms with Gasteiger partial charge in [0.25, 0.3) is 0 Å². The van der Waals surface area contributed by atoms with Crippen LogP contribution in [0.3, 0.4) is 0 Å².